The molecule has 0 saturated heterocycles. The zero-order valence-corrected chi connectivity index (χ0v) is 15.5. The number of rotatable bonds is 6. The molecule has 7 heteroatoms. The van der Waals surface area contributed by atoms with Crippen LogP contribution < -0.4 is 19.7 Å². The smallest absolute Gasteiger partial charge is 0.265 e. The maximum atomic E-state index is 12.0. The van der Waals surface area contributed by atoms with Crippen molar-refractivity contribution in [3.05, 3.63) is 48.0 Å². The lowest BCUT2D eigenvalue weighted by atomic mass is 10.2. The number of hydrogen-bond donors (Lipinski definition) is 1. The molecule has 2 aromatic carbocycles. The molecule has 0 bridgehead atoms. The number of ether oxygens (including phenoxy) is 2. The van der Waals surface area contributed by atoms with E-state index < -0.39 is 0 Å². The van der Waals surface area contributed by atoms with Crippen LogP contribution >= 0.6 is 0 Å². The highest BCUT2D eigenvalue weighted by Gasteiger charge is 2.12. The number of amides is 1. The van der Waals surface area contributed by atoms with Crippen LogP contribution in [-0.4, -0.2) is 46.0 Å². The lowest BCUT2D eigenvalue weighted by Crippen LogP contribution is -2.17. The van der Waals surface area contributed by atoms with Crippen molar-refractivity contribution in [2.24, 2.45) is 5.16 Å². The number of oxime groups is 1. The Hall–Kier alpha value is -3.22. The van der Waals surface area contributed by atoms with Crippen molar-refractivity contribution in [3.63, 3.8) is 0 Å². The number of carbonyl (C=O) groups excluding carboxylic acids is 1. The minimum absolute atomic E-state index is 0.180. The minimum Gasteiger partial charge on any atom is -0.490 e. The molecule has 27 heavy (non-hydrogen) atoms. The largest absolute Gasteiger partial charge is 0.490 e. The summed E-state index contributed by atoms with van der Waals surface area (Å²) < 4.78 is 11.2. The van der Waals surface area contributed by atoms with E-state index in [-0.39, 0.29) is 12.5 Å². The van der Waals surface area contributed by atoms with Crippen molar-refractivity contribution in [1.82, 2.24) is 0 Å². The molecule has 3 rings (SSSR count). The van der Waals surface area contributed by atoms with Crippen LogP contribution in [0, 0.1) is 0 Å². The van der Waals surface area contributed by atoms with Gasteiger partial charge in [0.2, 0.25) is 0 Å². The summed E-state index contributed by atoms with van der Waals surface area (Å²) in [5.74, 6) is 1.02. The molecule has 0 radical (unpaired) electrons. The van der Waals surface area contributed by atoms with E-state index in [1.165, 1.54) is 0 Å². The molecule has 7 nitrogen and oxygen atoms in total. The number of hydrogen-bond acceptors (Lipinski definition) is 6. The second-order valence-corrected chi connectivity index (χ2v) is 6.25. The van der Waals surface area contributed by atoms with Crippen molar-refractivity contribution in [1.29, 1.82) is 0 Å². The Morgan fingerprint density at radius 1 is 1.15 bits per heavy atom. The third-order valence-corrected chi connectivity index (χ3v) is 3.91. The number of anilines is 2. The lowest BCUT2D eigenvalue weighted by Gasteiger charge is -2.11. The van der Waals surface area contributed by atoms with Crippen LogP contribution in [0.4, 0.5) is 11.4 Å². The Balaban J connectivity index is 1.47. The van der Waals surface area contributed by atoms with Gasteiger partial charge >= 0.3 is 0 Å². The molecule has 0 unspecified atom stereocenters. The summed E-state index contributed by atoms with van der Waals surface area (Å²) in [6.07, 6.45) is 2.40. The SMILES string of the molecule is CN(C)c1ccc(/C=N/OCC(=O)Nc2ccc3c(c2)OCCCO3)cc1. The molecule has 0 aliphatic carbocycles. The molecule has 2 aromatic rings. The van der Waals surface area contributed by atoms with Gasteiger partial charge in [-0.05, 0) is 29.8 Å². The fourth-order valence-electron chi connectivity index (χ4n) is 2.49. The van der Waals surface area contributed by atoms with E-state index in [1.807, 2.05) is 43.3 Å². The van der Waals surface area contributed by atoms with Crippen LogP contribution in [0.15, 0.2) is 47.6 Å². The third-order valence-electron chi connectivity index (χ3n) is 3.91. The highest BCUT2D eigenvalue weighted by molar-refractivity contribution is 5.92. The molecule has 0 aromatic heterocycles. The van der Waals surface area contributed by atoms with E-state index in [4.69, 9.17) is 14.3 Å². The Bertz CT molecular complexity index is 803. The topological polar surface area (TPSA) is 72.4 Å². The summed E-state index contributed by atoms with van der Waals surface area (Å²) in [7, 11) is 3.96. The molecule has 1 heterocycles. The fraction of sp³-hybridized carbons (Fsp3) is 0.300. The monoisotopic (exact) mass is 369 g/mol. The van der Waals surface area contributed by atoms with Crippen molar-refractivity contribution in [3.8, 4) is 11.5 Å². The average Bonchev–Trinajstić information content (AvgIpc) is 2.90. The van der Waals surface area contributed by atoms with Gasteiger partial charge in [-0.3, -0.25) is 4.79 Å². The number of nitrogens with one attached hydrogen (secondary N) is 1. The van der Waals surface area contributed by atoms with E-state index in [0.29, 0.717) is 30.4 Å². The zero-order valence-electron chi connectivity index (χ0n) is 15.5. The van der Waals surface area contributed by atoms with Gasteiger partial charge in [-0.2, -0.15) is 0 Å². The van der Waals surface area contributed by atoms with Crippen LogP contribution in [0.2, 0.25) is 0 Å². The predicted octanol–water partition coefficient (Wildman–Crippen LogP) is 2.90. The highest BCUT2D eigenvalue weighted by Crippen LogP contribution is 2.32. The van der Waals surface area contributed by atoms with E-state index in [9.17, 15) is 4.79 Å². The molecule has 0 spiro atoms. The Morgan fingerprint density at radius 2 is 1.89 bits per heavy atom. The molecule has 0 atom stereocenters. The van der Waals surface area contributed by atoms with Gasteiger partial charge in [-0.1, -0.05) is 17.3 Å². The first-order chi connectivity index (χ1) is 13.1. The van der Waals surface area contributed by atoms with Crippen LogP contribution in [0.5, 0.6) is 11.5 Å². The number of fused-ring (bicyclic) bond motifs is 1. The highest BCUT2D eigenvalue weighted by atomic mass is 16.6. The van der Waals surface area contributed by atoms with Crippen molar-refractivity contribution in [2.75, 3.05) is 44.1 Å². The van der Waals surface area contributed by atoms with Gasteiger partial charge in [0.15, 0.2) is 18.1 Å². The number of nitrogens with zero attached hydrogens (tertiary/aromatic N) is 2. The molecular formula is C20H23N3O4. The van der Waals surface area contributed by atoms with Crippen molar-refractivity contribution in [2.45, 2.75) is 6.42 Å². The van der Waals surface area contributed by atoms with Gasteiger partial charge in [-0.15, -0.1) is 0 Å². The summed E-state index contributed by atoms with van der Waals surface area (Å²) in [5, 5.41) is 6.59. The summed E-state index contributed by atoms with van der Waals surface area (Å²) in [5.41, 5.74) is 2.61. The number of carbonyl (C=O) groups is 1. The second kappa shape index (κ2) is 8.93. The third kappa shape index (κ3) is 5.37. The van der Waals surface area contributed by atoms with Gasteiger partial charge in [0.25, 0.3) is 5.91 Å². The van der Waals surface area contributed by atoms with E-state index >= 15 is 0 Å². The van der Waals surface area contributed by atoms with E-state index in [1.54, 1.807) is 24.4 Å². The molecule has 0 fully saturated rings. The molecule has 0 saturated carbocycles. The van der Waals surface area contributed by atoms with E-state index in [0.717, 1.165) is 17.7 Å². The lowest BCUT2D eigenvalue weighted by molar-refractivity contribution is -0.120. The predicted molar refractivity (Wildman–Crippen MR) is 105 cm³/mol. The van der Waals surface area contributed by atoms with Crippen molar-refractivity contribution >= 4 is 23.5 Å². The maximum absolute atomic E-state index is 12.0. The zero-order chi connectivity index (χ0) is 19.1. The quantitative estimate of drug-likeness (QED) is 0.626. The molecular weight excluding hydrogens is 346 g/mol. The first kappa shape index (κ1) is 18.6. The van der Waals surface area contributed by atoms with Gasteiger partial charge in [-0.25, -0.2) is 0 Å². The van der Waals surface area contributed by atoms with Gasteiger partial charge in [0.1, 0.15) is 0 Å². The molecule has 1 aliphatic heterocycles. The summed E-state index contributed by atoms with van der Waals surface area (Å²) in [4.78, 5) is 19.1. The number of benzene rings is 2. The summed E-state index contributed by atoms with van der Waals surface area (Å²) in [6, 6.07) is 13.1. The van der Waals surface area contributed by atoms with Crippen LogP contribution in [0.25, 0.3) is 0 Å². The standard InChI is InChI=1S/C20H23N3O4/c1-23(2)17-7-4-15(5-8-17)13-21-27-14-20(24)22-16-6-9-18-19(12-16)26-11-3-10-25-18/h4-9,12-13H,3,10-11,14H2,1-2H3,(H,22,24)/b21-13+. The Morgan fingerprint density at radius 3 is 2.63 bits per heavy atom. The molecule has 1 N–H and O–H groups in total. The summed E-state index contributed by atoms with van der Waals surface area (Å²) >= 11 is 0. The van der Waals surface area contributed by atoms with Crippen molar-refractivity contribution < 1.29 is 19.1 Å². The van der Waals surface area contributed by atoms with Crippen LogP contribution in [0.1, 0.15) is 12.0 Å². The Labute approximate surface area is 158 Å². The first-order valence-electron chi connectivity index (χ1n) is 8.74. The second-order valence-electron chi connectivity index (χ2n) is 6.25. The van der Waals surface area contributed by atoms with E-state index in [2.05, 4.69) is 10.5 Å². The minimum atomic E-state index is -0.301. The average molecular weight is 369 g/mol. The molecule has 1 amide bonds. The molecule has 1 aliphatic rings. The van der Waals surface area contributed by atoms with Gasteiger partial charge < -0.3 is 24.5 Å². The normalized spacial score (nSPS) is 13.1. The Kier molecular flexibility index (Phi) is 6.14. The maximum Gasteiger partial charge on any atom is 0.265 e. The fourth-order valence-corrected chi connectivity index (χ4v) is 2.49. The van der Waals surface area contributed by atoms with Gasteiger partial charge in [0.05, 0.1) is 19.4 Å². The van der Waals surface area contributed by atoms with Crippen LogP contribution in [-0.2, 0) is 9.63 Å². The van der Waals surface area contributed by atoms with Crippen LogP contribution in [0.3, 0.4) is 0 Å². The molecule has 142 valence electrons. The summed E-state index contributed by atoms with van der Waals surface area (Å²) in [6.45, 7) is 1.04. The first-order valence-corrected chi connectivity index (χ1v) is 8.74. The van der Waals surface area contributed by atoms with Gasteiger partial charge in [0, 0.05) is 38.0 Å².